The second kappa shape index (κ2) is 14.2. The monoisotopic (exact) mass is 702 g/mol. The predicted octanol–water partition coefficient (Wildman–Crippen LogP) is 5.05. The fraction of sp³-hybridized carbons (Fsp3) is 0.235. The number of carbonyl (C=O) groups is 3. The largest absolute Gasteiger partial charge is 0.477 e. The summed E-state index contributed by atoms with van der Waals surface area (Å²) in [5, 5.41) is 20.0. The number of carboxylic acids is 1. The van der Waals surface area contributed by atoms with E-state index in [1.165, 1.54) is 16.7 Å². The summed E-state index contributed by atoms with van der Waals surface area (Å²) in [6.45, 7) is 3.52. The van der Waals surface area contributed by atoms with E-state index in [1.807, 2.05) is 91.0 Å². The highest BCUT2D eigenvalue weighted by Gasteiger charge is 2.54. The summed E-state index contributed by atoms with van der Waals surface area (Å²) < 4.78 is 4.48. The Morgan fingerprint density at radius 1 is 1.02 bits per heavy atom. The number of halogens is 1. The van der Waals surface area contributed by atoms with Gasteiger partial charge < -0.3 is 20.6 Å². The SMILES string of the molecule is CC(C)O/N=C(\C(=O)N[C@@H]1C(=O)N2C(C(=O)O)=C(CCl)CS[C@H]12)c1nsc(NC(c2ccccc2)(c2ccccc2)c2ccccc2)n1. The van der Waals surface area contributed by atoms with Crippen LogP contribution in [0, 0.1) is 0 Å². The third-order valence-electron chi connectivity index (χ3n) is 7.82. The van der Waals surface area contributed by atoms with Gasteiger partial charge in [0.25, 0.3) is 11.8 Å². The number of amides is 2. The minimum absolute atomic E-state index is 0.000733. The second-order valence-corrected chi connectivity index (χ2v) is 13.4. The summed E-state index contributed by atoms with van der Waals surface area (Å²) in [5.74, 6) is -2.24. The number of β-lactam (4-membered cyclic amide) rings is 1. The molecular weight excluding hydrogens is 672 g/mol. The van der Waals surface area contributed by atoms with E-state index in [0.29, 0.717) is 16.5 Å². The average molecular weight is 703 g/mol. The first-order chi connectivity index (χ1) is 23.2. The van der Waals surface area contributed by atoms with Gasteiger partial charge in [-0.25, -0.2) is 4.79 Å². The first kappa shape index (κ1) is 33.2. The van der Waals surface area contributed by atoms with Crippen LogP contribution in [0.2, 0.25) is 0 Å². The molecule has 3 aromatic carbocycles. The number of carboxylic acid groups (broad SMARTS) is 1. The lowest BCUT2D eigenvalue weighted by Crippen LogP contribution is -2.71. The molecule has 1 fully saturated rings. The summed E-state index contributed by atoms with van der Waals surface area (Å²) in [5.41, 5.74) is 2.07. The Hall–Kier alpha value is -4.72. The van der Waals surface area contributed by atoms with Crippen LogP contribution in [-0.2, 0) is 24.8 Å². The standard InChI is InChI=1S/C34H31ClN6O5S2/c1-20(2)46-39-25(29(42)36-26-30(43)41-27(32(44)45)21(18-35)19-47-31(26)41)28-37-33(48-40-28)38-34(22-12-6-3-7-13-22,23-14-8-4-9-15-23)24-16-10-5-11-17-24/h3-17,20,26,31H,18-19H2,1-2H3,(H,36,42)(H,44,45)(H,37,38,40)/b39-25-/t26-,31-/m1/s1. The quantitative estimate of drug-likeness (QED) is 0.0607. The maximum absolute atomic E-state index is 13.7. The van der Waals surface area contributed by atoms with Crippen molar-refractivity contribution < 1.29 is 24.3 Å². The molecule has 1 saturated heterocycles. The highest BCUT2D eigenvalue weighted by Crippen LogP contribution is 2.42. The number of alkyl halides is 1. The smallest absolute Gasteiger partial charge is 0.352 e. The topological polar surface area (TPSA) is 146 Å². The molecule has 0 radical (unpaired) electrons. The number of benzene rings is 3. The van der Waals surface area contributed by atoms with Crippen LogP contribution in [0.5, 0.6) is 0 Å². The minimum atomic E-state index is -1.24. The van der Waals surface area contributed by atoms with Crippen molar-refractivity contribution in [1.29, 1.82) is 0 Å². The molecule has 48 heavy (non-hydrogen) atoms. The van der Waals surface area contributed by atoms with Crippen molar-refractivity contribution >= 4 is 63.5 Å². The second-order valence-electron chi connectivity index (χ2n) is 11.2. The molecule has 14 heteroatoms. The zero-order chi connectivity index (χ0) is 33.8. The van der Waals surface area contributed by atoms with E-state index in [1.54, 1.807) is 13.8 Å². The number of carbonyl (C=O) groups excluding carboxylic acids is 2. The fourth-order valence-electron chi connectivity index (χ4n) is 5.65. The number of hydrogen-bond acceptors (Lipinski definition) is 10. The maximum atomic E-state index is 13.7. The summed E-state index contributed by atoms with van der Waals surface area (Å²) in [6, 6.07) is 28.9. The van der Waals surface area contributed by atoms with E-state index >= 15 is 0 Å². The molecule has 0 saturated carbocycles. The summed E-state index contributed by atoms with van der Waals surface area (Å²) in [6.07, 6.45) is -0.363. The molecule has 11 nitrogen and oxygen atoms in total. The zero-order valence-electron chi connectivity index (χ0n) is 25.9. The molecule has 0 unspecified atom stereocenters. The van der Waals surface area contributed by atoms with Crippen LogP contribution in [0.3, 0.4) is 0 Å². The summed E-state index contributed by atoms with van der Waals surface area (Å²) in [7, 11) is 0. The fourth-order valence-corrected chi connectivity index (χ4v) is 7.95. The molecule has 6 rings (SSSR count). The molecular formula is C34H31ClN6O5S2. The molecule has 2 amide bonds. The Labute approximate surface area is 290 Å². The Bertz CT molecular complexity index is 1770. The van der Waals surface area contributed by atoms with Gasteiger partial charge in [-0.05, 0) is 36.1 Å². The van der Waals surface area contributed by atoms with E-state index in [9.17, 15) is 19.5 Å². The number of rotatable bonds is 12. The molecule has 4 aromatic rings. The number of nitrogens with one attached hydrogen (secondary N) is 2. The van der Waals surface area contributed by atoms with Crippen molar-refractivity contribution in [3.8, 4) is 0 Å². The highest BCUT2D eigenvalue weighted by atomic mass is 35.5. The molecule has 0 spiro atoms. The number of aromatic nitrogens is 2. The third-order valence-corrected chi connectivity index (χ3v) is 10.1. The Morgan fingerprint density at radius 2 is 1.58 bits per heavy atom. The van der Waals surface area contributed by atoms with Gasteiger partial charge in [-0.3, -0.25) is 14.5 Å². The molecule has 2 atom stereocenters. The van der Waals surface area contributed by atoms with E-state index in [-0.39, 0.29) is 29.2 Å². The Balaban J connectivity index is 1.33. The number of fused-ring (bicyclic) bond motifs is 1. The number of anilines is 1. The van der Waals surface area contributed by atoms with E-state index < -0.39 is 34.7 Å². The maximum Gasteiger partial charge on any atom is 0.352 e. The van der Waals surface area contributed by atoms with E-state index in [4.69, 9.17) is 21.4 Å². The molecule has 246 valence electrons. The van der Waals surface area contributed by atoms with Crippen molar-refractivity contribution in [2.45, 2.75) is 36.9 Å². The first-order valence-electron chi connectivity index (χ1n) is 15.0. The molecule has 3 heterocycles. The van der Waals surface area contributed by atoms with Crippen molar-refractivity contribution in [1.82, 2.24) is 19.6 Å². The van der Waals surface area contributed by atoms with Crippen LogP contribution in [0.1, 0.15) is 36.4 Å². The van der Waals surface area contributed by atoms with Gasteiger partial charge in [0.15, 0.2) is 0 Å². The average Bonchev–Trinajstić information content (AvgIpc) is 3.57. The van der Waals surface area contributed by atoms with Crippen LogP contribution in [0.25, 0.3) is 0 Å². The van der Waals surface area contributed by atoms with E-state index in [0.717, 1.165) is 28.2 Å². The molecule has 1 aromatic heterocycles. The van der Waals surface area contributed by atoms with Gasteiger partial charge in [-0.2, -0.15) is 9.36 Å². The summed E-state index contributed by atoms with van der Waals surface area (Å²) in [4.78, 5) is 50.2. The van der Waals surface area contributed by atoms with Crippen LogP contribution in [0.15, 0.2) is 107 Å². The van der Waals surface area contributed by atoms with Gasteiger partial charge >= 0.3 is 5.97 Å². The molecule has 2 aliphatic heterocycles. The summed E-state index contributed by atoms with van der Waals surface area (Å²) >= 11 is 8.33. The van der Waals surface area contributed by atoms with Gasteiger partial charge in [0.05, 0.1) is 0 Å². The normalized spacial score (nSPS) is 17.9. The third kappa shape index (κ3) is 6.28. The number of aliphatic carboxylic acids is 1. The zero-order valence-corrected chi connectivity index (χ0v) is 28.3. The van der Waals surface area contributed by atoms with Gasteiger partial charge in [0, 0.05) is 23.2 Å². The number of nitrogens with zero attached hydrogens (tertiary/aromatic N) is 4. The highest BCUT2D eigenvalue weighted by molar-refractivity contribution is 8.00. The van der Waals surface area contributed by atoms with Crippen molar-refractivity contribution in [2.24, 2.45) is 5.16 Å². The Morgan fingerprint density at radius 3 is 2.08 bits per heavy atom. The van der Waals surface area contributed by atoms with Crippen LogP contribution in [0.4, 0.5) is 5.13 Å². The van der Waals surface area contributed by atoms with Crippen LogP contribution < -0.4 is 10.6 Å². The van der Waals surface area contributed by atoms with Crippen LogP contribution in [-0.4, -0.2) is 72.0 Å². The molecule has 3 N–H and O–H groups in total. The van der Waals surface area contributed by atoms with Gasteiger partial charge in [0.1, 0.15) is 28.8 Å². The van der Waals surface area contributed by atoms with Crippen molar-refractivity contribution in [2.75, 3.05) is 16.9 Å². The Kier molecular flexibility index (Phi) is 9.81. The predicted molar refractivity (Wildman–Crippen MR) is 186 cm³/mol. The minimum Gasteiger partial charge on any atom is -0.477 e. The van der Waals surface area contributed by atoms with E-state index in [2.05, 4.69) is 20.2 Å². The van der Waals surface area contributed by atoms with Gasteiger partial charge in [-0.15, -0.1) is 23.4 Å². The molecule has 0 aliphatic carbocycles. The lowest BCUT2D eigenvalue weighted by atomic mass is 9.77. The van der Waals surface area contributed by atoms with Gasteiger partial charge in [-0.1, -0.05) is 96.2 Å². The van der Waals surface area contributed by atoms with Crippen molar-refractivity contribution in [3.63, 3.8) is 0 Å². The number of thioether (sulfide) groups is 1. The van der Waals surface area contributed by atoms with Crippen molar-refractivity contribution in [3.05, 3.63) is 125 Å². The lowest BCUT2D eigenvalue weighted by molar-refractivity contribution is -0.150. The molecule has 2 aliphatic rings. The first-order valence-corrected chi connectivity index (χ1v) is 17.4. The number of hydrogen-bond donors (Lipinski definition) is 3. The molecule has 0 bridgehead atoms. The number of oxime groups is 1. The van der Waals surface area contributed by atoms with Gasteiger partial charge in [0.2, 0.25) is 16.7 Å². The lowest BCUT2D eigenvalue weighted by Gasteiger charge is -2.49. The van der Waals surface area contributed by atoms with Crippen LogP contribution >= 0.6 is 34.9 Å².